The molecule has 0 bridgehead atoms. The molecule has 0 aliphatic carbocycles. The number of benzene rings is 2. The quantitative estimate of drug-likeness (QED) is 0.0320. The molecule has 58 heavy (non-hydrogen) atoms. The smallest absolute Gasteiger partial charge is 0.337 e. The average molecular weight is 805 g/mol. The van der Waals surface area contributed by atoms with Gasteiger partial charge in [0, 0.05) is 17.5 Å². The third-order valence-electron chi connectivity index (χ3n) is 10.2. The molecule has 0 spiro atoms. The van der Waals surface area contributed by atoms with Crippen molar-refractivity contribution in [3.8, 4) is 11.1 Å². The predicted octanol–water partition coefficient (Wildman–Crippen LogP) is 11.4. The summed E-state index contributed by atoms with van der Waals surface area (Å²) in [6.07, 6.45) is 27.0. The SMILES string of the molecule is C=CC(C=C)(CCCCCCCCCCCCCCCCCCCC(=O)O)C(=O)O.C=Cc1ccc(C(=O)O)c(C(=O)O)c1-c1c(C=C)ccc(C(=O)O)c1C(=O)O. The second-order valence-corrected chi connectivity index (χ2v) is 14.2. The molecular weight excluding hydrogens is 744 g/mol. The maximum absolute atomic E-state index is 11.9. The lowest BCUT2D eigenvalue weighted by Gasteiger charge is -2.21. The van der Waals surface area contributed by atoms with Gasteiger partial charge in [0.1, 0.15) is 5.41 Å². The lowest BCUT2D eigenvalue weighted by Crippen LogP contribution is -2.25. The van der Waals surface area contributed by atoms with Crippen LogP contribution in [0.4, 0.5) is 0 Å². The highest BCUT2D eigenvalue weighted by Gasteiger charge is 2.31. The topological polar surface area (TPSA) is 224 Å². The van der Waals surface area contributed by atoms with E-state index < -0.39 is 63.5 Å². The van der Waals surface area contributed by atoms with Crippen molar-refractivity contribution < 1.29 is 59.4 Å². The van der Waals surface area contributed by atoms with Gasteiger partial charge in [-0.3, -0.25) is 9.59 Å². The molecule has 12 nitrogen and oxygen atoms in total. The van der Waals surface area contributed by atoms with Gasteiger partial charge in [0.25, 0.3) is 0 Å². The van der Waals surface area contributed by atoms with E-state index in [2.05, 4.69) is 26.3 Å². The number of unbranched alkanes of at least 4 members (excludes halogenated alkanes) is 16. The van der Waals surface area contributed by atoms with Crippen molar-refractivity contribution in [1.29, 1.82) is 0 Å². The number of aromatic carboxylic acids is 4. The number of carbonyl (C=O) groups is 6. The molecule has 0 amide bonds. The zero-order valence-corrected chi connectivity index (χ0v) is 33.5. The summed E-state index contributed by atoms with van der Waals surface area (Å²) in [6, 6.07) is 4.65. The van der Waals surface area contributed by atoms with E-state index in [0.717, 1.165) is 37.8 Å². The number of carboxylic acids is 6. The lowest BCUT2D eigenvalue weighted by atomic mass is 9.83. The summed E-state index contributed by atoms with van der Waals surface area (Å²) >= 11 is 0. The largest absolute Gasteiger partial charge is 0.481 e. The van der Waals surface area contributed by atoms with Crippen molar-refractivity contribution in [1.82, 2.24) is 0 Å². The lowest BCUT2D eigenvalue weighted by molar-refractivity contribution is -0.144. The van der Waals surface area contributed by atoms with E-state index in [0.29, 0.717) is 12.8 Å². The van der Waals surface area contributed by atoms with E-state index >= 15 is 0 Å². The van der Waals surface area contributed by atoms with Crippen LogP contribution in [0.25, 0.3) is 23.3 Å². The monoisotopic (exact) mass is 804 g/mol. The minimum absolute atomic E-state index is 0.121. The second-order valence-electron chi connectivity index (χ2n) is 14.2. The summed E-state index contributed by atoms with van der Waals surface area (Å²) < 4.78 is 0. The fraction of sp³-hybridized carbons (Fsp3) is 0.435. The Morgan fingerprint density at radius 1 is 0.448 bits per heavy atom. The fourth-order valence-corrected chi connectivity index (χ4v) is 6.83. The number of aliphatic carboxylic acids is 2. The van der Waals surface area contributed by atoms with Gasteiger partial charge >= 0.3 is 35.8 Å². The van der Waals surface area contributed by atoms with Crippen molar-refractivity contribution in [2.75, 3.05) is 0 Å². The molecule has 0 saturated heterocycles. The van der Waals surface area contributed by atoms with Crippen LogP contribution in [0.5, 0.6) is 0 Å². The third kappa shape index (κ3) is 16.0. The molecule has 0 aliphatic heterocycles. The molecule has 2 aromatic rings. The molecule has 2 rings (SSSR count). The van der Waals surface area contributed by atoms with Crippen LogP contribution in [0.2, 0.25) is 0 Å². The normalized spacial score (nSPS) is 10.8. The van der Waals surface area contributed by atoms with Crippen LogP contribution in [0.1, 0.15) is 175 Å². The van der Waals surface area contributed by atoms with Crippen molar-refractivity contribution >= 4 is 48.0 Å². The van der Waals surface area contributed by atoms with Crippen molar-refractivity contribution in [3.05, 3.63) is 96.1 Å². The second kappa shape index (κ2) is 27.0. The molecule has 12 heteroatoms. The maximum atomic E-state index is 11.9. The first-order valence-corrected chi connectivity index (χ1v) is 19.9. The zero-order valence-electron chi connectivity index (χ0n) is 33.5. The fourth-order valence-electron chi connectivity index (χ4n) is 6.83. The van der Waals surface area contributed by atoms with Crippen LogP contribution in [0.15, 0.2) is 62.7 Å². The van der Waals surface area contributed by atoms with Gasteiger partial charge in [-0.25, -0.2) is 19.2 Å². The Labute approximate surface area is 341 Å². The Morgan fingerprint density at radius 3 is 1.00 bits per heavy atom. The first-order chi connectivity index (χ1) is 27.6. The molecule has 0 aliphatic rings. The van der Waals surface area contributed by atoms with Gasteiger partial charge in [-0.1, -0.05) is 152 Å². The summed E-state index contributed by atoms with van der Waals surface area (Å²) in [5.74, 6) is -7.85. The van der Waals surface area contributed by atoms with Crippen LogP contribution < -0.4 is 0 Å². The molecule has 0 radical (unpaired) electrons. The van der Waals surface area contributed by atoms with Crippen LogP contribution in [0.3, 0.4) is 0 Å². The summed E-state index contributed by atoms with van der Waals surface area (Å²) in [5, 5.41) is 56.0. The Hall–Kier alpha value is -5.78. The Morgan fingerprint density at radius 2 is 0.759 bits per heavy atom. The summed E-state index contributed by atoms with van der Waals surface area (Å²) in [7, 11) is 0. The van der Waals surface area contributed by atoms with E-state index in [1.165, 1.54) is 120 Å². The molecular formula is C46H60O12. The Bertz CT molecular complexity index is 1680. The molecule has 2 aromatic carbocycles. The first-order valence-electron chi connectivity index (χ1n) is 19.9. The van der Waals surface area contributed by atoms with Gasteiger partial charge in [0.05, 0.1) is 22.3 Å². The Kier molecular flexibility index (Phi) is 23.4. The summed E-state index contributed by atoms with van der Waals surface area (Å²) in [4.78, 5) is 68.7. The standard InChI is InChI=1S/C26H46O4.C20H14O8/c1-3-26(4-2,25(29)30)23-21-19-17-15-13-11-9-7-5-6-8-10-12-14-16-18-20-22-24(27)28;1-3-9-5-7-11(17(21)22)15(19(25)26)13(9)14-10(4-2)6-8-12(18(23)24)16(14)20(27)28/h3-4H,1-2,5-23H2,(H,27,28)(H,29,30);3-8H,1-2H2,(H,21,22)(H,23,24)(H,25,26)(H,27,28). The van der Waals surface area contributed by atoms with Gasteiger partial charge < -0.3 is 30.6 Å². The van der Waals surface area contributed by atoms with Crippen molar-refractivity contribution in [2.45, 2.75) is 122 Å². The zero-order chi connectivity index (χ0) is 43.7. The van der Waals surface area contributed by atoms with Gasteiger partial charge in [-0.05, 0) is 36.1 Å². The van der Waals surface area contributed by atoms with Crippen LogP contribution in [-0.2, 0) is 9.59 Å². The van der Waals surface area contributed by atoms with E-state index in [1.54, 1.807) is 0 Å². The molecule has 0 unspecified atom stereocenters. The number of hydrogen-bond donors (Lipinski definition) is 6. The number of carboxylic acid groups (broad SMARTS) is 6. The van der Waals surface area contributed by atoms with Crippen LogP contribution in [-0.4, -0.2) is 66.5 Å². The van der Waals surface area contributed by atoms with E-state index in [1.807, 2.05) is 0 Å². The highest BCUT2D eigenvalue weighted by Crippen LogP contribution is 2.38. The molecule has 316 valence electrons. The van der Waals surface area contributed by atoms with Crippen LogP contribution in [0, 0.1) is 5.41 Å². The van der Waals surface area contributed by atoms with Gasteiger partial charge in [0.2, 0.25) is 0 Å². The van der Waals surface area contributed by atoms with Crippen molar-refractivity contribution in [3.63, 3.8) is 0 Å². The maximum Gasteiger partial charge on any atom is 0.337 e. The molecule has 0 heterocycles. The van der Waals surface area contributed by atoms with Crippen LogP contribution >= 0.6 is 0 Å². The highest BCUT2D eigenvalue weighted by atomic mass is 16.4. The van der Waals surface area contributed by atoms with Gasteiger partial charge in [-0.2, -0.15) is 0 Å². The predicted molar refractivity (Wildman–Crippen MR) is 226 cm³/mol. The minimum atomic E-state index is -1.62. The molecule has 0 saturated carbocycles. The number of hydrogen-bond acceptors (Lipinski definition) is 6. The van der Waals surface area contributed by atoms with Gasteiger partial charge in [-0.15, -0.1) is 13.2 Å². The Balaban J connectivity index is 0.000000581. The molecule has 6 N–H and O–H groups in total. The number of rotatable bonds is 30. The van der Waals surface area contributed by atoms with Gasteiger partial charge in [0.15, 0.2) is 0 Å². The van der Waals surface area contributed by atoms with E-state index in [9.17, 15) is 54.3 Å². The average Bonchev–Trinajstić information content (AvgIpc) is 3.18. The van der Waals surface area contributed by atoms with E-state index in [4.69, 9.17) is 5.11 Å². The molecule has 0 fully saturated rings. The van der Waals surface area contributed by atoms with E-state index in [-0.39, 0.29) is 22.3 Å². The summed E-state index contributed by atoms with van der Waals surface area (Å²) in [5.41, 5.74) is -3.78. The molecule has 0 aromatic heterocycles. The van der Waals surface area contributed by atoms with Crippen molar-refractivity contribution in [2.24, 2.45) is 5.41 Å². The summed E-state index contributed by atoms with van der Waals surface area (Å²) in [6.45, 7) is 14.4. The molecule has 0 atom stereocenters. The third-order valence-corrected chi connectivity index (χ3v) is 10.2. The minimum Gasteiger partial charge on any atom is -0.481 e. The first kappa shape index (κ1) is 50.2. The highest BCUT2D eigenvalue weighted by molar-refractivity contribution is 6.14.